The van der Waals surface area contributed by atoms with E-state index in [1.165, 1.54) is 17.2 Å². The van der Waals surface area contributed by atoms with Crippen LogP contribution in [0.15, 0.2) is 30.5 Å². The number of piperidine rings is 1. The molecule has 0 saturated carbocycles. The number of rotatable bonds is 5. The van der Waals surface area contributed by atoms with E-state index in [-0.39, 0.29) is 24.9 Å². The standard InChI is InChI=1S/C22H25F3N4O5/c23-22(24,25)15-9-14(10-16(11-15)28-5-1-17(30)12-28)13-34-18-2-6-27(7-3-18)21(33)29-8-4-19(26-29)20(31)32/h4,8-11,17-18,30H,1-3,5-7,12-13H2,(H,31,32)/t17-/m1/s1. The monoisotopic (exact) mass is 482 g/mol. The Morgan fingerprint density at radius 1 is 1.12 bits per heavy atom. The molecule has 1 aromatic carbocycles. The number of nitrogens with zero attached hydrogens (tertiary/aromatic N) is 4. The third-order valence-electron chi connectivity index (χ3n) is 6.04. The zero-order valence-corrected chi connectivity index (χ0v) is 18.2. The molecule has 2 N–H and O–H groups in total. The van der Waals surface area contributed by atoms with Crippen molar-refractivity contribution in [1.82, 2.24) is 14.7 Å². The normalized spacial score (nSPS) is 19.6. The zero-order valence-electron chi connectivity index (χ0n) is 18.2. The van der Waals surface area contributed by atoms with Crippen molar-refractivity contribution >= 4 is 17.7 Å². The average Bonchev–Trinajstić information content (AvgIpc) is 3.46. The van der Waals surface area contributed by atoms with Crippen LogP contribution in [0.2, 0.25) is 0 Å². The van der Waals surface area contributed by atoms with Crippen molar-refractivity contribution in [2.24, 2.45) is 0 Å². The van der Waals surface area contributed by atoms with Crippen LogP contribution in [-0.2, 0) is 17.5 Å². The highest BCUT2D eigenvalue weighted by Gasteiger charge is 2.33. The van der Waals surface area contributed by atoms with Crippen LogP contribution in [0.1, 0.15) is 40.9 Å². The minimum atomic E-state index is -4.50. The molecule has 2 saturated heterocycles. The fraction of sp³-hybridized carbons (Fsp3) is 0.500. The van der Waals surface area contributed by atoms with Gasteiger partial charge in [-0.2, -0.15) is 23.0 Å². The molecule has 0 radical (unpaired) electrons. The van der Waals surface area contributed by atoms with E-state index < -0.39 is 29.8 Å². The number of amides is 1. The number of carboxylic acids is 1. The van der Waals surface area contributed by atoms with Crippen LogP contribution in [0.25, 0.3) is 0 Å². The van der Waals surface area contributed by atoms with Gasteiger partial charge in [0.1, 0.15) is 0 Å². The molecule has 2 aliphatic rings. The Balaban J connectivity index is 1.35. The number of aliphatic hydroxyl groups is 1. The van der Waals surface area contributed by atoms with E-state index in [1.807, 2.05) is 0 Å². The number of aromatic carboxylic acids is 1. The quantitative estimate of drug-likeness (QED) is 0.675. The second kappa shape index (κ2) is 9.63. The molecule has 0 spiro atoms. The SMILES string of the molecule is O=C(O)c1ccn(C(=O)N2CCC(OCc3cc(N4CC[C@@H](O)C4)cc(C(F)(F)F)c3)CC2)n1. The molecule has 1 amide bonds. The molecular formula is C22H25F3N4O5. The Morgan fingerprint density at radius 2 is 1.85 bits per heavy atom. The summed E-state index contributed by atoms with van der Waals surface area (Å²) in [5, 5.41) is 22.4. The Hall–Kier alpha value is -3.12. The molecular weight excluding hydrogens is 457 g/mol. The molecule has 2 fully saturated rings. The Kier molecular flexibility index (Phi) is 6.80. The molecule has 4 rings (SSSR count). The first kappa shape index (κ1) is 24.0. The van der Waals surface area contributed by atoms with Crippen molar-refractivity contribution in [3.8, 4) is 0 Å². The predicted molar refractivity (Wildman–Crippen MR) is 114 cm³/mol. The topological polar surface area (TPSA) is 108 Å². The number of β-amino-alcohol motifs (C(OH)–C–C–N with tert-alkyl or cyclic N) is 1. The van der Waals surface area contributed by atoms with Crippen LogP contribution >= 0.6 is 0 Å². The smallest absolute Gasteiger partial charge is 0.416 e. The second-order valence-corrected chi connectivity index (χ2v) is 8.51. The molecule has 0 unspecified atom stereocenters. The van der Waals surface area contributed by atoms with Gasteiger partial charge in [-0.1, -0.05) is 0 Å². The van der Waals surface area contributed by atoms with Crippen LogP contribution in [-0.4, -0.2) is 75.3 Å². The van der Waals surface area contributed by atoms with Gasteiger partial charge in [0.05, 0.1) is 24.4 Å². The maximum atomic E-state index is 13.4. The number of hydrogen-bond acceptors (Lipinski definition) is 6. The number of likely N-dealkylation sites (tertiary alicyclic amines) is 1. The number of carbonyl (C=O) groups excluding carboxylic acids is 1. The van der Waals surface area contributed by atoms with E-state index in [4.69, 9.17) is 9.84 Å². The number of hydrogen-bond donors (Lipinski definition) is 2. The lowest BCUT2D eigenvalue weighted by molar-refractivity contribution is -0.137. The minimum absolute atomic E-state index is 0.00689. The summed E-state index contributed by atoms with van der Waals surface area (Å²) in [5.41, 5.74) is -0.186. The highest BCUT2D eigenvalue weighted by atomic mass is 19.4. The summed E-state index contributed by atoms with van der Waals surface area (Å²) in [5.74, 6) is -1.22. The Bertz CT molecular complexity index is 1050. The van der Waals surface area contributed by atoms with Gasteiger partial charge in [0.15, 0.2) is 5.69 Å². The number of anilines is 1. The van der Waals surface area contributed by atoms with Gasteiger partial charge in [-0.05, 0) is 49.1 Å². The van der Waals surface area contributed by atoms with E-state index in [2.05, 4.69) is 5.10 Å². The first-order valence-electron chi connectivity index (χ1n) is 10.9. The first-order chi connectivity index (χ1) is 16.1. The number of carbonyl (C=O) groups is 2. The molecule has 0 aliphatic carbocycles. The Morgan fingerprint density at radius 3 is 2.44 bits per heavy atom. The fourth-order valence-electron chi connectivity index (χ4n) is 4.20. The molecule has 12 heteroatoms. The number of benzene rings is 1. The van der Waals surface area contributed by atoms with Gasteiger partial charge in [0.25, 0.3) is 0 Å². The molecule has 184 valence electrons. The van der Waals surface area contributed by atoms with Crippen molar-refractivity contribution < 1.29 is 37.7 Å². The maximum Gasteiger partial charge on any atom is 0.416 e. The highest BCUT2D eigenvalue weighted by molar-refractivity contribution is 5.86. The van der Waals surface area contributed by atoms with Crippen LogP contribution in [0.3, 0.4) is 0 Å². The number of alkyl halides is 3. The van der Waals surface area contributed by atoms with E-state index in [0.717, 1.165) is 16.8 Å². The predicted octanol–water partition coefficient (Wildman–Crippen LogP) is 2.82. The van der Waals surface area contributed by atoms with Gasteiger partial charge < -0.3 is 24.7 Å². The molecule has 2 aromatic rings. The molecule has 1 atom stereocenters. The van der Waals surface area contributed by atoms with Gasteiger partial charge in [-0.3, -0.25) is 0 Å². The van der Waals surface area contributed by atoms with Gasteiger partial charge in [0.2, 0.25) is 0 Å². The van der Waals surface area contributed by atoms with Crippen LogP contribution in [0.4, 0.5) is 23.7 Å². The number of carboxylic acid groups (broad SMARTS) is 1. The van der Waals surface area contributed by atoms with Crippen LogP contribution < -0.4 is 4.90 Å². The van der Waals surface area contributed by atoms with Gasteiger partial charge in [-0.15, -0.1) is 0 Å². The summed E-state index contributed by atoms with van der Waals surface area (Å²) in [6.45, 7) is 1.47. The molecule has 34 heavy (non-hydrogen) atoms. The number of ether oxygens (including phenoxy) is 1. The minimum Gasteiger partial charge on any atom is -0.476 e. The lowest BCUT2D eigenvalue weighted by atomic mass is 10.1. The van der Waals surface area contributed by atoms with Gasteiger partial charge in [0, 0.05) is 38.1 Å². The zero-order chi connectivity index (χ0) is 24.5. The van der Waals surface area contributed by atoms with Crippen molar-refractivity contribution in [2.45, 2.75) is 44.3 Å². The molecule has 3 heterocycles. The van der Waals surface area contributed by atoms with Crippen molar-refractivity contribution in [2.75, 3.05) is 31.1 Å². The fourth-order valence-corrected chi connectivity index (χ4v) is 4.20. The van der Waals surface area contributed by atoms with Crippen molar-refractivity contribution in [3.05, 3.63) is 47.3 Å². The molecule has 9 nitrogen and oxygen atoms in total. The van der Waals surface area contributed by atoms with E-state index in [0.29, 0.717) is 50.1 Å². The largest absolute Gasteiger partial charge is 0.476 e. The van der Waals surface area contributed by atoms with Crippen molar-refractivity contribution in [3.63, 3.8) is 0 Å². The third kappa shape index (κ3) is 5.50. The Labute approximate surface area is 193 Å². The summed E-state index contributed by atoms with van der Waals surface area (Å²) < 4.78 is 47.1. The molecule has 1 aromatic heterocycles. The van der Waals surface area contributed by atoms with Crippen LogP contribution in [0, 0.1) is 0 Å². The summed E-state index contributed by atoms with van der Waals surface area (Å²) in [7, 11) is 0. The van der Waals surface area contributed by atoms with Crippen LogP contribution in [0.5, 0.6) is 0 Å². The molecule has 2 aliphatic heterocycles. The van der Waals surface area contributed by atoms with Crippen molar-refractivity contribution in [1.29, 1.82) is 0 Å². The van der Waals surface area contributed by atoms with Gasteiger partial charge in [-0.25, -0.2) is 9.59 Å². The summed E-state index contributed by atoms with van der Waals surface area (Å²) >= 11 is 0. The summed E-state index contributed by atoms with van der Waals surface area (Å²) in [4.78, 5) is 26.7. The number of halogens is 3. The lowest BCUT2D eigenvalue weighted by Gasteiger charge is -2.31. The maximum absolute atomic E-state index is 13.4. The summed E-state index contributed by atoms with van der Waals surface area (Å²) in [6, 6.07) is 4.62. The summed E-state index contributed by atoms with van der Waals surface area (Å²) in [6.07, 6.45) is -2.51. The second-order valence-electron chi connectivity index (χ2n) is 8.51. The van der Waals surface area contributed by atoms with E-state index in [1.54, 1.807) is 11.0 Å². The average molecular weight is 482 g/mol. The lowest BCUT2D eigenvalue weighted by Crippen LogP contribution is -2.43. The van der Waals surface area contributed by atoms with E-state index >= 15 is 0 Å². The third-order valence-corrected chi connectivity index (χ3v) is 6.04. The highest BCUT2D eigenvalue weighted by Crippen LogP contribution is 2.34. The molecule has 0 bridgehead atoms. The first-order valence-corrected chi connectivity index (χ1v) is 10.9. The number of aromatic nitrogens is 2. The van der Waals surface area contributed by atoms with E-state index in [9.17, 15) is 27.9 Å². The van der Waals surface area contributed by atoms with Gasteiger partial charge >= 0.3 is 18.2 Å². The number of aliphatic hydroxyl groups excluding tert-OH is 1.